The summed E-state index contributed by atoms with van der Waals surface area (Å²) in [5.74, 6) is 2.50. The lowest BCUT2D eigenvalue weighted by atomic mass is 10.1. The summed E-state index contributed by atoms with van der Waals surface area (Å²) in [7, 11) is 3.16. The Morgan fingerprint density at radius 2 is 1.68 bits per heavy atom. The van der Waals surface area contributed by atoms with E-state index in [1.54, 1.807) is 44.7 Å². The van der Waals surface area contributed by atoms with E-state index in [0.717, 1.165) is 16.5 Å². The average Bonchev–Trinajstić information content (AvgIpc) is 2.62. The van der Waals surface area contributed by atoms with E-state index in [2.05, 4.69) is 4.98 Å². The van der Waals surface area contributed by atoms with Crippen LogP contribution in [0.4, 0.5) is 0 Å². The molecule has 6 heteroatoms. The molecule has 3 rings (SSSR count). The molecule has 0 saturated heterocycles. The Kier molecular flexibility index (Phi) is 5.05. The minimum Gasteiger partial charge on any atom is -0.493 e. The number of pyridine rings is 1. The highest BCUT2D eigenvalue weighted by Gasteiger charge is 2.11. The second kappa shape index (κ2) is 7.40. The normalized spacial score (nSPS) is 10.5. The highest BCUT2D eigenvalue weighted by Crippen LogP contribution is 2.36. The molecule has 0 aliphatic rings. The van der Waals surface area contributed by atoms with Crippen LogP contribution in [-0.4, -0.2) is 24.4 Å². The molecule has 1 heterocycles. The fraction of sp³-hybridized carbons (Fsp3) is 0.158. The predicted molar refractivity (Wildman–Crippen MR) is 95.9 cm³/mol. The number of hydrogen-bond acceptors (Lipinski definition) is 5. The number of fused-ring (bicyclic) bond motifs is 1. The van der Waals surface area contributed by atoms with Crippen LogP contribution in [0.2, 0.25) is 0 Å². The van der Waals surface area contributed by atoms with E-state index in [4.69, 9.17) is 25.8 Å². The van der Waals surface area contributed by atoms with Crippen LogP contribution in [-0.2, 0) is 11.2 Å². The second-order valence-electron chi connectivity index (χ2n) is 5.31. The maximum atomic E-state index is 11.0. The first-order chi connectivity index (χ1) is 12.1. The van der Waals surface area contributed by atoms with E-state index in [9.17, 15) is 4.79 Å². The monoisotopic (exact) mass is 357 g/mol. The third-order valence-corrected chi connectivity index (χ3v) is 3.83. The Hall–Kier alpha value is -2.79. The lowest BCUT2D eigenvalue weighted by molar-refractivity contribution is -0.111. The zero-order chi connectivity index (χ0) is 17.8. The first-order valence-electron chi connectivity index (χ1n) is 7.56. The van der Waals surface area contributed by atoms with Crippen molar-refractivity contribution in [1.29, 1.82) is 0 Å². The van der Waals surface area contributed by atoms with E-state index in [1.165, 1.54) is 0 Å². The number of carbonyl (C=O) groups excluding carboxylic acids is 1. The van der Waals surface area contributed by atoms with Gasteiger partial charge in [-0.2, -0.15) is 0 Å². The Morgan fingerprint density at radius 1 is 1.00 bits per heavy atom. The first-order valence-corrected chi connectivity index (χ1v) is 7.94. The lowest BCUT2D eigenvalue weighted by Crippen LogP contribution is -1.94. The van der Waals surface area contributed by atoms with Gasteiger partial charge in [0.1, 0.15) is 11.5 Å². The Bertz CT molecular complexity index is 909. The van der Waals surface area contributed by atoms with Crippen molar-refractivity contribution in [3.63, 3.8) is 0 Å². The summed E-state index contributed by atoms with van der Waals surface area (Å²) >= 11 is 5.40. The molecule has 0 bridgehead atoms. The Balaban J connectivity index is 1.94. The van der Waals surface area contributed by atoms with Crippen LogP contribution < -0.4 is 14.2 Å². The molecule has 25 heavy (non-hydrogen) atoms. The maximum absolute atomic E-state index is 11.0. The number of rotatable bonds is 6. The molecule has 0 radical (unpaired) electrons. The third-order valence-electron chi connectivity index (χ3n) is 3.70. The largest absolute Gasteiger partial charge is 0.493 e. The minimum absolute atomic E-state index is 0.191. The van der Waals surface area contributed by atoms with E-state index >= 15 is 0 Å². The molecular formula is C19H16ClNO4. The third kappa shape index (κ3) is 3.83. The number of hydrogen-bond donors (Lipinski definition) is 0. The van der Waals surface area contributed by atoms with Crippen molar-refractivity contribution in [2.75, 3.05) is 14.2 Å². The van der Waals surface area contributed by atoms with Gasteiger partial charge in [0.2, 0.25) is 5.24 Å². The summed E-state index contributed by atoms with van der Waals surface area (Å²) in [5.41, 5.74) is 1.57. The molecule has 0 spiro atoms. The van der Waals surface area contributed by atoms with Crippen LogP contribution in [0.1, 0.15) is 5.56 Å². The number of nitrogens with zero attached hydrogens (tertiary/aromatic N) is 1. The van der Waals surface area contributed by atoms with Crippen LogP contribution in [0, 0.1) is 0 Å². The Labute approximate surface area is 150 Å². The smallest absolute Gasteiger partial charge is 0.226 e. The van der Waals surface area contributed by atoms with Crippen molar-refractivity contribution in [3.8, 4) is 23.0 Å². The van der Waals surface area contributed by atoms with Gasteiger partial charge >= 0.3 is 0 Å². The van der Waals surface area contributed by atoms with Crippen molar-refractivity contribution in [3.05, 3.63) is 54.2 Å². The standard InChI is InChI=1S/C19H16ClNO4/c1-23-17-10-14-15(11-18(17)24-2)21-8-7-16(14)25-13-5-3-12(4-6-13)9-19(20)22/h3-8,10-11H,9H2,1-2H3. The van der Waals surface area contributed by atoms with E-state index in [-0.39, 0.29) is 6.42 Å². The van der Waals surface area contributed by atoms with Gasteiger partial charge in [-0.3, -0.25) is 9.78 Å². The van der Waals surface area contributed by atoms with Gasteiger partial charge in [0, 0.05) is 24.1 Å². The molecule has 0 fully saturated rings. The van der Waals surface area contributed by atoms with Crippen molar-refractivity contribution in [2.45, 2.75) is 6.42 Å². The molecule has 0 saturated carbocycles. The first kappa shape index (κ1) is 17.0. The summed E-state index contributed by atoms with van der Waals surface area (Å²) in [6, 6.07) is 12.6. The minimum atomic E-state index is -0.394. The lowest BCUT2D eigenvalue weighted by Gasteiger charge is -2.12. The van der Waals surface area contributed by atoms with Crippen LogP contribution in [0.25, 0.3) is 10.9 Å². The molecule has 0 atom stereocenters. The molecule has 0 unspecified atom stereocenters. The van der Waals surface area contributed by atoms with Gasteiger partial charge in [0.05, 0.1) is 19.7 Å². The van der Waals surface area contributed by atoms with Crippen LogP contribution in [0.5, 0.6) is 23.0 Å². The topological polar surface area (TPSA) is 57.7 Å². The molecular weight excluding hydrogens is 342 g/mol. The van der Waals surface area contributed by atoms with Gasteiger partial charge < -0.3 is 14.2 Å². The molecule has 3 aromatic rings. The molecule has 0 amide bonds. The van der Waals surface area contributed by atoms with Gasteiger partial charge in [-0.15, -0.1) is 0 Å². The van der Waals surface area contributed by atoms with Gasteiger partial charge in [0.25, 0.3) is 0 Å². The zero-order valence-corrected chi connectivity index (χ0v) is 14.5. The summed E-state index contributed by atoms with van der Waals surface area (Å²) in [6.07, 6.45) is 1.86. The molecule has 128 valence electrons. The van der Waals surface area contributed by atoms with E-state index in [1.807, 2.05) is 18.2 Å². The van der Waals surface area contributed by atoms with Gasteiger partial charge in [0.15, 0.2) is 11.5 Å². The predicted octanol–water partition coefficient (Wildman–Crippen LogP) is 4.35. The quantitative estimate of drug-likeness (QED) is 0.614. The van der Waals surface area contributed by atoms with Gasteiger partial charge in [-0.05, 0) is 41.4 Å². The second-order valence-corrected chi connectivity index (χ2v) is 5.73. The van der Waals surface area contributed by atoms with Crippen molar-refractivity contribution >= 4 is 27.7 Å². The number of aromatic nitrogens is 1. The van der Waals surface area contributed by atoms with Gasteiger partial charge in [-0.25, -0.2) is 0 Å². The van der Waals surface area contributed by atoms with Crippen molar-refractivity contribution < 1.29 is 19.0 Å². The Morgan fingerprint density at radius 3 is 2.32 bits per heavy atom. The van der Waals surface area contributed by atoms with Gasteiger partial charge in [-0.1, -0.05) is 12.1 Å². The molecule has 0 N–H and O–H groups in total. The fourth-order valence-corrected chi connectivity index (χ4v) is 2.65. The molecule has 0 aliphatic heterocycles. The highest BCUT2D eigenvalue weighted by molar-refractivity contribution is 6.63. The molecule has 1 aromatic heterocycles. The maximum Gasteiger partial charge on any atom is 0.226 e. The SMILES string of the molecule is COc1cc2nccc(Oc3ccc(CC(=O)Cl)cc3)c2cc1OC. The molecule has 5 nitrogen and oxygen atoms in total. The highest BCUT2D eigenvalue weighted by atomic mass is 35.5. The summed E-state index contributed by atoms with van der Waals surface area (Å²) in [5, 5.41) is 0.412. The number of benzene rings is 2. The summed E-state index contributed by atoms with van der Waals surface area (Å²) < 4.78 is 16.6. The number of halogens is 1. The number of carbonyl (C=O) groups is 1. The summed E-state index contributed by atoms with van der Waals surface area (Å²) in [4.78, 5) is 15.3. The number of ether oxygens (including phenoxy) is 3. The summed E-state index contributed by atoms with van der Waals surface area (Å²) in [6.45, 7) is 0. The van der Waals surface area contributed by atoms with E-state index < -0.39 is 5.24 Å². The van der Waals surface area contributed by atoms with E-state index in [0.29, 0.717) is 23.0 Å². The number of methoxy groups -OCH3 is 2. The van der Waals surface area contributed by atoms with Crippen molar-refractivity contribution in [1.82, 2.24) is 4.98 Å². The zero-order valence-electron chi connectivity index (χ0n) is 13.8. The fourth-order valence-electron chi connectivity index (χ4n) is 2.50. The molecule has 2 aromatic carbocycles. The van der Waals surface area contributed by atoms with Crippen LogP contribution >= 0.6 is 11.6 Å². The average molecular weight is 358 g/mol. The van der Waals surface area contributed by atoms with Crippen LogP contribution in [0.3, 0.4) is 0 Å². The van der Waals surface area contributed by atoms with Crippen LogP contribution in [0.15, 0.2) is 48.7 Å². The molecule has 0 aliphatic carbocycles. The van der Waals surface area contributed by atoms with Crippen molar-refractivity contribution in [2.24, 2.45) is 0 Å².